The van der Waals surface area contributed by atoms with Gasteiger partial charge in [0.2, 0.25) is 5.91 Å². The van der Waals surface area contributed by atoms with Gasteiger partial charge >= 0.3 is 0 Å². The van der Waals surface area contributed by atoms with E-state index in [2.05, 4.69) is 0 Å². The van der Waals surface area contributed by atoms with Crippen LogP contribution in [-0.4, -0.2) is 19.4 Å². The van der Waals surface area contributed by atoms with Crippen LogP contribution in [0.4, 0.5) is 0 Å². The molecule has 1 aromatic carbocycles. The third kappa shape index (κ3) is 3.30. The van der Waals surface area contributed by atoms with E-state index in [1.807, 2.05) is 4.72 Å². The lowest BCUT2D eigenvalue weighted by Crippen LogP contribution is -2.29. The number of carbonyl (C=O) groups excluding carboxylic acids is 1. The lowest BCUT2D eigenvalue weighted by Gasteiger charge is -2.19. The fourth-order valence-corrected chi connectivity index (χ4v) is 2.79. The molecular weight excluding hydrogens is 254 g/mol. The first-order valence-corrected chi connectivity index (χ1v) is 6.89. The van der Waals surface area contributed by atoms with Gasteiger partial charge in [-0.3, -0.25) is 4.79 Å². The van der Waals surface area contributed by atoms with Crippen LogP contribution in [0.3, 0.4) is 0 Å². The fraction of sp³-hybridized carbons (Fsp3) is 0.417. The van der Waals surface area contributed by atoms with E-state index < -0.39 is 21.5 Å². The van der Waals surface area contributed by atoms with E-state index in [4.69, 9.17) is 0 Å². The van der Waals surface area contributed by atoms with Crippen molar-refractivity contribution in [3.05, 3.63) is 29.3 Å². The molecule has 5 nitrogen and oxygen atoms in total. The molecule has 0 atom stereocenters. The Labute approximate surface area is 107 Å². The zero-order valence-electron chi connectivity index (χ0n) is 10.8. The second kappa shape index (κ2) is 4.70. The topological polar surface area (TPSA) is 83.5 Å². The molecule has 1 aromatic rings. The third-order valence-electron chi connectivity index (χ3n) is 2.45. The molecule has 2 N–H and O–H groups in total. The van der Waals surface area contributed by atoms with Gasteiger partial charge in [0.25, 0.3) is 10.0 Å². The van der Waals surface area contributed by atoms with Crippen molar-refractivity contribution in [1.29, 1.82) is 0 Å². The molecule has 1 amide bonds. The van der Waals surface area contributed by atoms with Gasteiger partial charge in [-0.1, -0.05) is 12.1 Å². The Morgan fingerprint density at radius 3 is 2.28 bits per heavy atom. The monoisotopic (exact) mass is 271 g/mol. The summed E-state index contributed by atoms with van der Waals surface area (Å²) in [4.78, 5) is 10.9. The minimum absolute atomic E-state index is 0.0331. The van der Waals surface area contributed by atoms with E-state index in [1.165, 1.54) is 12.1 Å². The van der Waals surface area contributed by atoms with Crippen molar-refractivity contribution in [1.82, 2.24) is 4.72 Å². The molecule has 0 radical (unpaired) electrons. The van der Waals surface area contributed by atoms with Crippen molar-refractivity contribution in [3.8, 4) is 0 Å². The first-order chi connectivity index (χ1) is 8.04. The van der Waals surface area contributed by atoms with Crippen LogP contribution < -0.4 is 4.72 Å². The third-order valence-corrected chi connectivity index (χ3v) is 4.04. The normalized spacial score (nSPS) is 12.3. The summed E-state index contributed by atoms with van der Waals surface area (Å²) < 4.78 is 25.6. The van der Waals surface area contributed by atoms with E-state index in [9.17, 15) is 18.3 Å². The molecule has 0 aromatic heterocycles. The van der Waals surface area contributed by atoms with Gasteiger partial charge in [-0.05, 0) is 38.0 Å². The average Bonchev–Trinajstić information content (AvgIpc) is 2.13. The molecule has 0 unspecified atom stereocenters. The quantitative estimate of drug-likeness (QED) is 0.860. The lowest BCUT2D eigenvalue weighted by molar-refractivity contribution is -0.117. The zero-order valence-corrected chi connectivity index (χ0v) is 11.6. The van der Waals surface area contributed by atoms with E-state index in [-0.39, 0.29) is 4.90 Å². The summed E-state index contributed by atoms with van der Waals surface area (Å²) in [6.45, 7) is 5.98. The number of carbonyl (C=O) groups is 1. The molecule has 6 heteroatoms. The van der Waals surface area contributed by atoms with Crippen LogP contribution in [-0.2, 0) is 20.4 Å². The zero-order chi connectivity index (χ0) is 14.1. The number of aliphatic hydroxyl groups is 1. The first kappa shape index (κ1) is 14.7. The van der Waals surface area contributed by atoms with Crippen molar-refractivity contribution in [2.24, 2.45) is 0 Å². The van der Waals surface area contributed by atoms with Crippen LogP contribution in [0.1, 0.15) is 31.9 Å². The Morgan fingerprint density at radius 1 is 1.33 bits per heavy atom. The Balaban J connectivity index is 3.26. The molecule has 0 heterocycles. The SMILES string of the molecule is CC(=O)NS(=O)(=O)c1ccc(C(C)(C)O)cc1C. The molecule has 0 aliphatic heterocycles. The fourth-order valence-electron chi connectivity index (χ4n) is 1.58. The molecule has 18 heavy (non-hydrogen) atoms. The second-order valence-corrected chi connectivity index (χ2v) is 6.35. The summed E-state index contributed by atoms with van der Waals surface area (Å²) in [5.74, 6) is -0.638. The number of nitrogens with one attached hydrogen (secondary N) is 1. The maximum atomic E-state index is 11.8. The predicted molar refractivity (Wildman–Crippen MR) is 67.4 cm³/mol. The first-order valence-electron chi connectivity index (χ1n) is 5.41. The highest BCUT2D eigenvalue weighted by molar-refractivity contribution is 7.90. The van der Waals surface area contributed by atoms with Crippen molar-refractivity contribution < 1.29 is 18.3 Å². The number of aryl methyl sites for hydroxylation is 1. The Kier molecular flexibility index (Phi) is 3.83. The van der Waals surface area contributed by atoms with Gasteiger partial charge < -0.3 is 5.11 Å². The number of rotatable bonds is 3. The molecule has 1 rings (SSSR count). The Bertz CT molecular complexity index is 570. The van der Waals surface area contributed by atoms with Crippen molar-refractivity contribution >= 4 is 15.9 Å². The van der Waals surface area contributed by atoms with E-state index in [1.54, 1.807) is 26.8 Å². The van der Waals surface area contributed by atoms with Gasteiger partial charge in [0, 0.05) is 6.92 Å². The summed E-state index contributed by atoms with van der Waals surface area (Å²) in [6, 6.07) is 4.50. The average molecular weight is 271 g/mol. The van der Waals surface area contributed by atoms with Gasteiger partial charge in [0.1, 0.15) is 0 Å². The standard InChI is InChI=1S/C12H17NO4S/c1-8-7-10(12(3,4)15)5-6-11(8)18(16,17)13-9(2)14/h5-7,15H,1-4H3,(H,13,14). The summed E-state index contributed by atoms with van der Waals surface area (Å²) in [6.07, 6.45) is 0. The largest absolute Gasteiger partial charge is 0.386 e. The van der Waals surface area contributed by atoms with Crippen molar-refractivity contribution in [3.63, 3.8) is 0 Å². The molecule has 0 saturated heterocycles. The maximum Gasteiger partial charge on any atom is 0.264 e. The molecule has 0 aliphatic rings. The Hall–Kier alpha value is -1.40. The van der Waals surface area contributed by atoms with E-state index in [0.717, 1.165) is 6.92 Å². The summed E-state index contributed by atoms with van der Waals surface area (Å²) in [5.41, 5.74) is 0.0475. The van der Waals surface area contributed by atoms with Gasteiger partial charge in [-0.15, -0.1) is 0 Å². The van der Waals surface area contributed by atoms with Gasteiger partial charge in [-0.25, -0.2) is 13.1 Å². The van der Waals surface area contributed by atoms with Gasteiger partial charge in [0.05, 0.1) is 10.5 Å². The lowest BCUT2D eigenvalue weighted by atomic mass is 9.97. The predicted octanol–water partition coefficient (Wildman–Crippen LogP) is 1.05. The van der Waals surface area contributed by atoms with Crippen LogP contribution in [0.15, 0.2) is 23.1 Å². The van der Waals surface area contributed by atoms with Crippen LogP contribution in [0.25, 0.3) is 0 Å². The highest BCUT2D eigenvalue weighted by Crippen LogP contribution is 2.24. The van der Waals surface area contributed by atoms with Crippen LogP contribution in [0, 0.1) is 6.92 Å². The number of hydrogen-bond acceptors (Lipinski definition) is 4. The Morgan fingerprint density at radius 2 is 1.89 bits per heavy atom. The highest BCUT2D eigenvalue weighted by Gasteiger charge is 2.21. The highest BCUT2D eigenvalue weighted by atomic mass is 32.2. The molecule has 0 fully saturated rings. The molecule has 0 bridgehead atoms. The number of benzene rings is 1. The summed E-state index contributed by atoms with van der Waals surface area (Å²) in [5, 5.41) is 9.83. The van der Waals surface area contributed by atoms with E-state index >= 15 is 0 Å². The number of hydrogen-bond donors (Lipinski definition) is 2. The van der Waals surface area contributed by atoms with Crippen LogP contribution >= 0.6 is 0 Å². The van der Waals surface area contributed by atoms with E-state index in [0.29, 0.717) is 11.1 Å². The van der Waals surface area contributed by atoms with Crippen molar-refractivity contribution in [2.75, 3.05) is 0 Å². The molecule has 0 saturated carbocycles. The molecule has 100 valence electrons. The molecule has 0 aliphatic carbocycles. The van der Waals surface area contributed by atoms with Gasteiger partial charge in [0.15, 0.2) is 0 Å². The minimum Gasteiger partial charge on any atom is -0.386 e. The minimum atomic E-state index is -3.83. The van der Waals surface area contributed by atoms with Crippen LogP contribution in [0.2, 0.25) is 0 Å². The smallest absolute Gasteiger partial charge is 0.264 e. The maximum absolute atomic E-state index is 11.8. The summed E-state index contributed by atoms with van der Waals surface area (Å²) >= 11 is 0. The number of amides is 1. The van der Waals surface area contributed by atoms with Crippen molar-refractivity contribution in [2.45, 2.75) is 38.2 Å². The second-order valence-electron chi connectivity index (χ2n) is 4.70. The van der Waals surface area contributed by atoms with Crippen LogP contribution in [0.5, 0.6) is 0 Å². The van der Waals surface area contributed by atoms with Gasteiger partial charge in [-0.2, -0.15) is 0 Å². The summed E-state index contributed by atoms with van der Waals surface area (Å²) in [7, 11) is -3.83. The molecule has 0 spiro atoms. The molecular formula is C12H17NO4S. The number of sulfonamides is 1.